The Balaban J connectivity index is 1.78. The molecule has 1 aromatic heterocycles. The molecular weight excluding hydrogens is 420 g/mol. The fourth-order valence-electron chi connectivity index (χ4n) is 3.98. The molecule has 1 heterocycles. The highest BCUT2D eigenvalue weighted by Gasteiger charge is 2.24. The number of aromatic nitrogens is 1. The summed E-state index contributed by atoms with van der Waals surface area (Å²) in [6.07, 6.45) is 5.54. The number of amides is 2. The normalized spacial score (nSPS) is 14.1. The highest BCUT2D eigenvalue weighted by molar-refractivity contribution is 6.21. The molecule has 0 radical (unpaired) electrons. The van der Waals surface area contributed by atoms with Crippen molar-refractivity contribution in [3.05, 3.63) is 64.0 Å². The molecule has 2 aromatic rings. The molecular formula is C25H30N4O4. The number of fused-ring (bicyclic) bond motifs is 1. The highest BCUT2D eigenvalue weighted by Crippen LogP contribution is 2.35. The molecule has 1 aliphatic carbocycles. The van der Waals surface area contributed by atoms with Crippen LogP contribution in [0.4, 0.5) is 0 Å². The number of hydrogen-bond acceptors (Lipinski definition) is 5. The van der Waals surface area contributed by atoms with Crippen LogP contribution in [0, 0.1) is 12.3 Å². The second-order valence-electron chi connectivity index (χ2n) is 8.12. The van der Waals surface area contributed by atoms with E-state index >= 15 is 0 Å². The summed E-state index contributed by atoms with van der Waals surface area (Å²) in [6, 6.07) is 5.43. The fourth-order valence-corrected chi connectivity index (χ4v) is 3.98. The number of primary amides is 1. The van der Waals surface area contributed by atoms with Gasteiger partial charge in [0.05, 0.1) is 17.4 Å². The monoisotopic (exact) mass is 450 g/mol. The van der Waals surface area contributed by atoms with E-state index in [9.17, 15) is 14.7 Å². The van der Waals surface area contributed by atoms with Crippen LogP contribution in [0.15, 0.2) is 36.0 Å². The molecule has 0 fully saturated rings. The quantitative estimate of drug-likeness (QED) is 0.280. The molecule has 1 aliphatic rings. The predicted molar refractivity (Wildman–Crippen MR) is 128 cm³/mol. The zero-order valence-corrected chi connectivity index (χ0v) is 19.1. The molecule has 6 N–H and O–H groups in total. The molecule has 3 rings (SSSR count). The van der Waals surface area contributed by atoms with Crippen LogP contribution in [-0.4, -0.2) is 40.8 Å². The van der Waals surface area contributed by atoms with Gasteiger partial charge in [0.15, 0.2) is 5.76 Å². The van der Waals surface area contributed by atoms with Crippen molar-refractivity contribution in [1.82, 2.24) is 10.3 Å². The van der Waals surface area contributed by atoms with E-state index in [4.69, 9.17) is 15.9 Å². The molecule has 1 aromatic carbocycles. The SMILES string of the molecule is CCC(O)CCNC(=O)c1c[nH]c(/C(=C\C=N)Oc2ccc3c(c2)CC(C)=C3C(N)=O)c1C. The van der Waals surface area contributed by atoms with Crippen molar-refractivity contribution < 1.29 is 19.4 Å². The summed E-state index contributed by atoms with van der Waals surface area (Å²) in [4.78, 5) is 27.4. The number of aliphatic hydroxyl groups is 1. The van der Waals surface area contributed by atoms with E-state index in [-0.39, 0.29) is 5.91 Å². The zero-order valence-electron chi connectivity index (χ0n) is 19.1. The first-order valence-corrected chi connectivity index (χ1v) is 10.9. The lowest BCUT2D eigenvalue weighted by atomic mass is 10.0. The van der Waals surface area contributed by atoms with Crippen LogP contribution in [0.5, 0.6) is 5.75 Å². The van der Waals surface area contributed by atoms with Gasteiger partial charge in [-0.2, -0.15) is 0 Å². The number of rotatable bonds is 10. The third-order valence-corrected chi connectivity index (χ3v) is 5.80. The number of benzene rings is 1. The molecule has 0 saturated carbocycles. The van der Waals surface area contributed by atoms with Gasteiger partial charge in [0.1, 0.15) is 5.75 Å². The third kappa shape index (κ3) is 5.23. The topological polar surface area (TPSA) is 141 Å². The molecule has 8 nitrogen and oxygen atoms in total. The van der Waals surface area contributed by atoms with Gasteiger partial charge in [-0.1, -0.05) is 18.6 Å². The molecule has 8 heteroatoms. The second kappa shape index (κ2) is 10.3. The predicted octanol–water partition coefficient (Wildman–Crippen LogP) is 3.10. The van der Waals surface area contributed by atoms with Crippen molar-refractivity contribution in [2.45, 2.75) is 46.1 Å². The smallest absolute Gasteiger partial charge is 0.253 e. The number of carbonyl (C=O) groups excluding carboxylic acids is 2. The molecule has 0 spiro atoms. The average Bonchev–Trinajstić information content (AvgIpc) is 3.31. The zero-order chi connectivity index (χ0) is 24.1. The Morgan fingerprint density at radius 1 is 1.36 bits per heavy atom. The number of nitrogens with one attached hydrogen (secondary N) is 3. The number of hydrogen-bond donors (Lipinski definition) is 5. The fraction of sp³-hybridized carbons (Fsp3) is 0.320. The Hall–Kier alpha value is -3.65. The van der Waals surface area contributed by atoms with Crippen LogP contribution in [0.25, 0.3) is 11.3 Å². The Morgan fingerprint density at radius 2 is 2.12 bits per heavy atom. The first kappa shape index (κ1) is 24.0. The minimum atomic E-state index is -0.443. The van der Waals surface area contributed by atoms with Crippen LogP contribution in [0.1, 0.15) is 59.4 Å². The second-order valence-corrected chi connectivity index (χ2v) is 8.12. The van der Waals surface area contributed by atoms with Gasteiger partial charge >= 0.3 is 0 Å². The number of ether oxygens (including phenoxy) is 1. The number of allylic oxidation sites excluding steroid dienone is 2. The number of aromatic amines is 1. The summed E-state index contributed by atoms with van der Waals surface area (Å²) in [5.41, 5.74) is 10.5. The van der Waals surface area contributed by atoms with E-state index in [0.717, 1.165) is 22.9 Å². The number of nitrogens with two attached hydrogens (primary N) is 1. The molecule has 2 amide bonds. The van der Waals surface area contributed by atoms with E-state index in [1.807, 2.05) is 26.0 Å². The first-order chi connectivity index (χ1) is 15.8. The van der Waals surface area contributed by atoms with Gasteiger partial charge in [0.2, 0.25) is 5.91 Å². The van der Waals surface area contributed by atoms with Gasteiger partial charge in [0, 0.05) is 30.6 Å². The maximum atomic E-state index is 12.6. The van der Waals surface area contributed by atoms with E-state index in [1.165, 1.54) is 6.08 Å². The number of carbonyl (C=O) groups is 2. The summed E-state index contributed by atoms with van der Waals surface area (Å²) < 4.78 is 6.08. The molecule has 1 unspecified atom stereocenters. The average molecular weight is 451 g/mol. The van der Waals surface area contributed by atoms with Crippen molar-refractivity contribution in [3.8, 4) is 5.75 Å². The van der Waals surface area contributed by atoms with Crippen LogP contribution < -0.4 is 15.8 Å². The van der Waals surface area contributed by atoms with Crippen molar-refractivity contribution in [2.75, 3.05) is 6.54 Å². The molecule has 0 saturated heterocycles. The lowest BCUT2D eigenvalue weighted by Crippen LogP contribution is -2.27. The van der Waals surface area contributed by atoms with Crippen molar-refractivity contribution >= 4 is 29.4 Å². The third-order valence-electron chi connectivity index (χ3n) is 5.80. The van der Waals surface area contributed by atoms with E-state index < -0.39 is 12.0 Å². The van der Waals surface area contributed by atoms with E-state index in [2.05, 4.69) is 10.3 Å². The number of H-pyrrole nitrogens is 1. The molecule has 0 bridgehead atoms. The highest BCUT2D eigenvalue weighted by atomic mass is 16.5. The Kier molecular flexibility index (Phi) is 7.50. The largest absolute Gasteiger partial charge is 0.455 e. The van der Waals surface area contributed by atoms with E-state index in [0.29, 0.717) is 59.7 Å². The van der Waals surface area contributed by atoms with E-state index in [1.54, 1.807) is 19.2 Å². The van der Waals surface area contributed by atoms with Crippen LogP contribution >= 0.6 is 0 Å². The maximum absolute atomic E-state index is 12.6. The molecule has 174 valence electrons. The summed E-state index contributed by atoms with van der Waals surface area (Å²) in [7, 11) is 0. The molecule has 33 heavy (non-hydrogen) atoms. The van der Waals surface area contributed by atoms with Gasteiger partial charge in [-0.25, -0.2) is 0 Å². The standard InChI is InChI=1S/C25H30N4O4/c1-4-17(30)8-10-28-25(32)20-13-29-23(15(20)3)21(7-9-26)33-18-5-6-19-16(12-18)11-14(2)22(19)24(27)31/h5-7,9,12-13,17,26,29-30H,4,8,10-11H2,1-3H3,(H2,27,31)(H,28,32)/b21-7+,26-9?. The lowest BCUT2D eigenvalue weighted by Gasteiger charge is -2.12. The Labute approximate surface area is 193 Å². The lowest BCUT2D eigenvalue weighted by molar-refractivity contribution is -0.112. The van der Waals surface area contributed by atoms with Crippen molar-refractivity contribution in [2.24, 2.45) is 5.73 Å². The first-order valence-electron chi connectivity index (χ1n) is 10.9. The molecule has 1 atom stereocenters. The Morgan fingerprint density at radius 3 is 2.79 bits per heavy atom. The van der Waals surface area contributed by atoms with Gasteiger partial charge in [-0.3, -0.25) is 9.59 Å². The van der Waals surface area contributed by atoms with Gasteiger partial charge in [-0.05, 0) is 61.9 Å². The summed E-state index contributed by atoms with van der Waals surface area (Å²) >= 11 is 0. The summed E-state index contributed by atoms with van der Waals surface area (Å²) in [5.74, 6) is 0.251. The number of aliphatic hydroxyl groups excluding tert-OH is 1. The van der Waals surface area contributed by atoms with Crippen LogP contribution in [0.2, 0.25) is 0 Å². The maximum Gasteiger partial charge on any atom is 0.253 e. The van der Waals surface area contributed by atoms with Gasteiger partial charge in [-0.15, -0.1) is 0 Å². The van der Waals surface area contributed by atoms with Crippen LogP contribution in [-0.2, 0) is 11.2 Å². The van der Waals surface area contributed by atoms with Crippen molar-refractivity contribution in [1.29, 1.82) is 5.41 Å². The van der Waals surface area contributed by atoms with Gasteiger partial charge in [0.25, 0.3) is 5.91 Å². The Bertz CT molecular complexity index is 1140. The van der Waals surface area contributed by atoms with Crippen molar-refractivity contribution in [3.63, 3.8) is 0 Å². The minimum absolute atomic E-state index is 0.245. The van der Waals surface area contributed by atoms with Gasteiger partial charge < -0.3 is 31.3 Å². The minimum Gasteiger partial charge on any atom is -0.455 e. The van der Waals surface area contributed by atoms with Crippen LogP contribution in [0.3, 0.4) is 0 Å². The summed E-state index contributed by atoms with van der Waals surface area (Å²) in [6.45, 7) is 5.96. The molecule has 0 aliphatic heterocycles. The summed E-state index contributed by atoms with van der Waals surface area (Å²) in [5, 5.41) is 20.0.